The lowest BCUT2D eigenvalue weighted by Crippen LogP contribution is -2.35. The first-order chi connectivity index (χ1) is 13.3. The predicted octanol–water partition coefficient (Wildman–Crippen LogP) is 3.56. The number of likely N-dealkylation sites (N-methyl/N-ethyl adjacent to an activating group) is 1. The van der Waals surface area contributed by atoms with Crippen LogP contribution in [0.1, 0.15) is 5.56 Å². The van der Waals surface area contributed by atoms with Crippen LogP contribution in [0.2, 0.25) is 10.0 Å². The maximum atomic E-state index is 12.4. The molecule has 0 saturated carbocycles. The smallest absolute Gasteiger partial charge is 0.252 e. The van der Waals surface area contributed by atoms with Gasteiger partial charge in [-0.15, -0.1) is 11.3 Å². The number of benzene rings is 1. The van der Waals surface area contributed by atoms with Crippen molar-refractivity contribution in [2.75, 3.05) is 18.9 Å². The van der Waals surface area contributed by atoms with Gasteiger partial charge < -0.3 is 5.32 Å². The Morgan fingerprint density at radius 1 is 1.21 bits per heavy atom. The molecule has 0 saturated heterocycles. The highest BCUT2D eigenvalue weighted by Gasteiger charge is 2.24. The molecule has 0 atom stereocenters. The van der Waals surface area contributed by atoms with Crippen molar-refractivity contribution in [2.24, 2.45) is 0 Å². The lowest BCUT2D eigenvalue weighted by Gasteiger charge is -2.16. The maximum absolute atomic E-state index is 12.4. The Kier molecular flexibility index (Phi) is 6.41. The predicted molar refractivity (Wildman–Crippen MR) is 111 cm³/mol. The lowest BCUT2D eigenvalue weighted by molar-refractivity contribution is -0.116. The Morgan fingerprint density at radius 3 is 2.57 bits per heavy atom. The minimum absolute atomic E-state index is 0.182. The zero-order valence-electron chi connectivity index (χ0n) is 14.7. The standard InChI is InChI=1S/C17H16Cl2N4O3S2/c1-22(28(25,26)17-6-3-9-27-17)11-16(24)21-15-7-8-20-23(15)10-12-13(18)4-2-5-14(12)19/h2-9H,10-11H2,1H3,(H,21,24). The number of amides is 1. The highest BCUT2D eigenvalue weighted by atomic mass is 35.5. The molecule has 11 heteroatoms. The summed E-state index contributed by atoms with van der Waals surface area (Å²) < 4.78 is 27.6. The van der Waals surface area contributed by atoms with Gasteiger partial charge in [0.2, 0.25) is 5.91 Å². The van der Waals surface area contributed by atoms with Crippen LogP contribution in [0, 0.1) is 0 Å². The lowest BCUT2D eigenvalue weighted by atomic mass is 10.2. The number of aromatic nitrogens is 2. The van der Waals surface area contributed by atoms with Gasteiger partial charge >= 0.3 is 0 Å². The molecule has 0 aliphatic carbocycles. The molecule has 0 spiro atoms. The first-order valence-electron chi connectivity index (χ1n) is 8.03. The monoisotopic (exact) mass is 458 g/mol. The molecular formula is C17H16Cl2N4O3S2. The van der Waals surface area contributed by atoms with Crippen molar-refractivity contribution >= 4 is 56.3 Å². The summed E-state index contributed by atoms with van der Waals surface area (Å²) in [5.74, 6) is -0.0856. The minimum Gasteiger partial charge on any atom is -0.310 e. The molecule has 148 valence electrons. The summed E-state index contributed by atoms with van der Waals surface area (Å²) >= 11 is 13.5. The van der Waals surface area contributed by atoms with E-state index in [0.29, 0.717) is 21.4 Å². The van der Waals surface area contributed by atoms with E-state index in [-0.39, 0.29) is 17.3 Å². The van der Waals surface area contributed by atoms with Crippen molar-refractivity contribution in [1.82, 2.24) is 14.1 Å². The zero-order chi connectivity index (χ0) is 20.3. The van der Waals surface area contributed by atoms with Gasteiger partial charge in [0, 0.05) is 28.7 Å². The Hall–Kier alpha value is -1.91. The number of thiophene rings is 1. The van der Waals surface area contributed by atoms with Crippen molar-refractivity contribution < 1.29 is 13.2 Å². The van der Waals surface area contributed by atoms with Crippen LogP contribution in [-0.4, -0.2) is 42.0 Å². The van der Waals surface area contributed by atoms with Crippen LogP contribution in [-0.2, 0) is 21.4 Å². The third-order valence-electron chi connectivity index (χ3n) is 3.88. The Balaban J connectivity index is 1.70. The second-order valence-electron chi connectivity index (χ2n) is 5.82. The number of hydrogen-bond donors (Lipinski definition) is 1. The molecule has 1 N–H and O–H groups in total. The maximum Gasteiger partial charge on any atom is 0.252 e. The molecule has 3 aromatic rings. The van der Waals surface area contributed by atoms with Crippen molar-refractivity contribution in [3.8, 4) is 0 Å². The van der Waals surface area contributed by atoms with Crippen LogP contribution in [0.3, 0.4) is 0 Å². The largest absolute Gasteiger partial charge is 0.310 e. The molecular weight excluding hydrogens is 443 g/mol. The molecule has 7 nitrogen and oxygen atoms in total. The number of rotatable bonds is 7. The van der Waals surface area contributed by atoms with Crippen LogP contribution < -0.4 is 5.32 Å². The molecule has 0 fully saturated rings. The molecule has 0 aliphatic heterocycles. The average molecular weight is 459 g/mol. The van der Waals surface area contributed by atoms with Crippen molar-refractivity contribution in [3.63, 3.8) is 0 Å². The van der Waals surface area contributed by atoms with Gasteiger partial charge in [-0.1, -0.05) is 35.3 Å². The molecule has 0 radical (unpaired) electrons. The van der Waals surface area contributed by atoms with E-state index in [1.807, 2.05) is 0 Å². The van der Waals surface area contributed by atoms with Gasteiger partial charge in [-0.05, 0) is 23.6 Å². The number of nitrogens with zero attached hydrogens (tertiary/aromatic N) is 3. The molecule has 3 rings (SSSR count). The molecule has 1 amide bonds. The first kappa shape index (κ1) is 20.8. The van der Waals surface area contributed by atoms with Crippen LogP contribution in [0.4, 0.5) is 5.82 Å². The van der Waals surface area contributed by atoms with Crippen LogP contribution in [0.5, 0.6) is 0 Å². The van der Waals surface area contributed by atoms with Crippen molar-refractivity contribution in [2.45, 2.75) is 10.8 Å². The summed E-state index contributed by atoms with van der Waals surface area (Å²) in [5, 5.41) is 9.48. The summed E-state index contributed by atoms with van der Waals surface area (Å²) in [4.78, 5) is 12.4. The molecule has 2 heterocycles. The van der Waals surface area contributed by atoms with E-state index in [1.165, 1.54) is 24.0 Å². The summed E-state index contributed by atoms with van der Waals surface area (Å²) in [6.45, 7) is -0.0806. The normalized spacial score (nSPS) is 11.7. The highest BCUT2D eigenvalue weighted by molar-refractivity contribution is 7.91. The summed E-state index contributed by atoms with van der Waals surface area (Å²) in [6, 6.07) is 9.92. The average Bonchev–Trinajstić information content (AvgIpc) is 3.30. The molecule has 0 bridgehead atoms. The number of nitrogens with one attached hydrogen (secondary N) is 1. The van der Waals surface area contributed by atoms with E-state index in [2.05, 4.69) is 10.4 Å². The van der Waals surface area contributed by atoms with Gasteiger partial charge in [-0.25, -0.2) is 13.1 Å². The number of carbonyl (C=O) groups is 1. The van der Waals surface area contributed by atoms with E-state index in [0.717, 1.165) is 15.6 Å². The van der Waals surface area contributed by atoms with Gasteiger partial charge in [-0.3, -0.25) is 4.79 Å². The molecule has 2 aromatic heterocycles. The molecule has 1 aromatic carbocycles. The fourth-order valence-corrected chi connectivity index (χ4v) is 5.28. The van der Waals surface area contributed by atoms with E-state index in [4.69, 9.17) is 23.2 Å². The number of carbonyl (C=O) groups excluding carboxylic acids is 1. The SMILES string of the molecule is CN(CC(=O)Nc1ccnn1Cc1c(Cl)cccc1Cl)S(=O)(=O)c1cccs1. The number of sulfonamides is 1. The van der Waals surface area contributed by atoms with Crippen LogP contribution in [0.25, 0.3) is 0 Å². The van der Waals surface area contributed by atoms with Crippen LogP contribution >= 0.6 is 34.5 Å². The van der Waals surface area contributed by atoms with Gasteiger partial charge in [0.05, 0.1) is 19.3 Å². The molecule has 0 unspecified atom stereocenters. The fraction of sp³-hybridized carbons (Fsp3) is 0.176. The Labute approximate surface area is 176 Å². The summed E-state index contributed by atoms with van der Waals surface area (Å²) in [6.07, 6.45) is 1.52. The molecule has 0 aliphatic rings. The van der Waals surface area contributed by atoms with Gasteiger partial charge in [-0.2, -0.15) is 9.40 Å². The summed E-state index contributed by atoms with van der Waals surface area (Å²) in [5.41, 5.74) is 0.669. The second kappa shape index (κ2) is 8.62. The topological polar surface area (TPSA) is 84.3 Å². The van der Waals surface area contributed by atoms with Crippen molar-refractivity contribution in [3.05, 3.63) is 63.6 Å². The number of anilines is 1. The van der Waals surface area contributed by atoms with E-state index < -0.39 is 15.9 Å². The molecule has 28 heavy (non-hydrogen) atoms. The van der Waals surface area contributed by atoms with Gasteiger partial charge in [0.1, 0.15) is 10.0 Å². The Bertz CT molecular complexity index is 1060. The summed E-state index contributed by atoms with van der Waals surface area (Å²) in [7, 11) is -2.35. The van der Waals surface area contributed by atoms with Crippen molar-refractivity contribution in [1.29, 1.82) is 0 Å². The number of halogens is 2. The number of hydrogen-bond acceptors (Lipinski definition) is 5. The first-order valence-corrected chi connectivity index (χ1v) is 11.1. The van der Waals surface area contributed by atoms with Gasteiger partial charge in [0.25, 0.3) is 10.0 Å². The zero-order valence-corrected chi connectivity index (χ0v) is 17.8. The van der Waals surface area contributed by atoms with E-state index in [1.54, 1.807) is 35.7 Å². The Morgan fingerprint density at radius 2 is 1.93 bits per heavy atom. The third-order valence-corrected chi connectivity index (χ3v) is 7.76. The van der Waals surface area contributed by atoms with Crippen LogP contribution in [0.15, 0.2) is 52.2 Å². The quantitative estimate of drug-likeness (QED) is 0.586. The fourth-order valence-electron chi connectivity index (χ4n) is 2.43. The minimum atomic E-state index is -3.71. The second-order valence-corrected chi connectivity index (χ2v) is 9.85. The highest BCUT2D eigenvalue weighted by Crippen LogP contribution is 2.26. The van der Waals surface area contributed by atoms with E-state index >= 15 is 0 Å². The third kappa shape index (κ3) is 4.56. The van der Waals surface area contributed by atoms with Gasteiger partial charge in [0.15, 0.2) is 0 Å². The van der Waals surface area contributed by atoms with E-state index in [9.17, 15) is 13.2 Å².